The van der Waals surface area contributed by atoms with Crippen LogP contribution >= 0.6 is 0 Å². The largest absolute Gasteiger partial charge is 0.378 e. The van der Waals surface area contributed by atoms with Crippen LogP contribution in [0.4, 0.5) is 5.69 Å². The molecule has 130 valence electrons. The standard InChI is InChI=1S/C18H25N3O3/c1-20(13-18(23)21-7-9-24-10-8-21)12-17(22)19-16-6-5-14-3-2-4-15(14)11-16/h5-6,11H,2-4,7-10,12-13H2,1H3,(H,19,22)/p+1. The molecule has 0 bridgehead atoms. The highest BCUT2D eigenvalue weighted by Crippen LogP contribution is 2.24. The van der Waals surface area contributed by atoms with Crippen molar-refractivity contribution in [2.75, 3.05) is 51.8 Å². The van der Waals surface area contributed by atoms with E-state index in [-0.39, 0.29) is 18.4 Å². The van der Waals surface area contributed by atoms with Gasteiger partial charge in [0, 0.05) is 18.8 Å². The molecule has 3 rings (SSSR count). The lowest BCUT2D eigenvalue weighted by atomic mass is 10.1. The minimum atomic E-state index is -0.0553. The number of fused-ring (bicyclic) bond motifs is 1. The molecule has 1 saturated heterocycles. The Balaban J connectivity index is 1.46. The first-order chi connectivity index (χ1) is 11.6. The summed E-state index contributed by atoms with van der Waals surface area (Å²) in [5.41, 5.74) is 3.59. The number of aryl methyl sites for hydroxylation is 2. The molecule has 1 aliphatic carbocycles. The fourth-order valence-corrected chi connectivity index (χ4v) is 3.37. The molecular formula is C18H26N3O3+. The second-order valence-electron chi connectivity index (χ2n) is 6.69. The molecule has 1 heterocycles. The normalized spacial score (nSPS) is 18.1. The lowest BCUT2D eigenvalue weighted by molar-refractivity contribution is -0.862. The number of rotatable bonds is 5. The molecule has 2 N–H and O–H groups in total. The van der Waals surface area contributed by atoms with E-state index in [1.807, 2.05) is 18.0 Å². The van der Waals surface area contributed by atoms with Gasteiger partial charge in [-0.15, -0.1) is 0 Å². The maximum Gasteiger partial charge on any atom is 0.279 e. The molecule has 1 aromatic carbocycles. The smallest absolute Gasteiger partial charge is 0.279 e. The molecule has 6 nitrogen and oxygen atoms in total. The molecule has 2 aliphatic rings. The van der Waals surface area contributed by atoms with E-state index in [2.05, 4.69) is 17.4 Å². The summed E-state index contributed by atoms with van der Waals surface area (Å²) in [7, 11) is 1.88. The van der Waals surface area contributed by atoms with Gasteiger partial charge in [0.05, 0.1) is 20.3 Å². The summed E-state index contributed by atoms with van der Waals surface area (Å²) in [4.78, 5) is 27.1. The van der Waals surface area contributed by atoms with Gasteiger partial charge in [0.15, 0.2) is 13.1 Å². The van der Waals surface area contributed by atoms with Gasteiger partial charge in [-0.25, -0.2) is 0 Å². The van der Waals surface area contributed by atoms with Gasteiger partial charge in [-0.1, -0.05) is 6.07 Å². The minimum Gasteiger partial charge on any atom is -0.378 e. The van der Waals surface area contributed by atoms with E-state index in [0.29, 0.717) is 32.8 Å². The summed E-state index contributed by atoms with van der Waals surface area (Å²) in [5, 5.41) is 2.95. The third-order valence-electron chi connectivity index (χ3n) is 4.66. The highest BCUT2D eigenvalue weighted by atomic mass is 16.5. The van der Waals surface area contributed by atoms with Gasteiger partial charge in [-0.3, -0.25) is 9.59 Å². The summed E-state index contributed by atoms with van der Waals surface area (Å²) in [5.74, 6) is 0.0290. The number of carbonyl (C=O) groups excluding carboxylic acids is 2. The Hall–Kier alpha value is -1.92. The van der Waals surface area contributed by atoms with Crippen molar-refractivity contribution in [1.82, 2.24) is 4.90 Å². The molecule has 0 aromatic heterocycles. The number of likely N-dealkylation sites (N-methyl/N-ethyl adjacent to an activating group) is 1. The highest BCUT2D eigenvalue weighted by molar-refractivity contribution is 5.91. The van der Waals surface area contributed by atoms with Crippen LogP contribution in [-0.2, 0) is 27.2 Å². The molecular weight excluding hydrogens is 306 g/mol. The Morgan fingerprint density at radius 2 is 1.92 bits per heavy atom. The molecule has 0 saturated carbocycles. The number of nitrogens with one attached hydrogen (secondary N) is 2. The van der Waals surface area contributed by atoms with Crippen LogP contribution in [-0.4, -0.2) is 63.2 Å². The van der Waals surface area contributed by atoms with Crippen LogP contribution in [0.5, 0.6) is 0 Å². The summed E-state index contributed by atoms with van der Waals surface area (Å²) >= 11 is 0. The van der Waals surface area contributed by atoms with Crippen molar-refractivity contribution in [2.45, 2.75) is 19.3 Å². The molecule has 1 aromatic rings. The number of nitrogens with zero attached hydrogens (tertiary/aromatic N) is 1. The monoisotopic (exact) mass is 332 g/mol. The fourth-order valence-electron chi connectivity index (χ4n) is 3.37. The first-order valence-corrected chi connectivity index (χ1v) is 8.70. The average molecular weight is 332 g/mol. The second-order valence-corrected chi connectivity index (χ2v) is 6.69. The first-order valence-electron chi connectivity index (χ1n) is 8.70. The van der Waals surface area contributed by atoms with Gasteiger partial charge < -0.3 is 19.9 Å². The first kappa shape index (κ1) is 16.9. The minimum absolute atomic E-state index is 0.0553. The third kappa shape index (κ3) is 4.33. The van der Waals surface area contributed by atoms with Crippen LogP contribution in [0.1, 0.15) is 17.5 Å². The molecule has 1 unspecified atom stereocenters. The lowest BCUT2D eigenvalue weighted by Crippen LogP contribution is -3.11. The summed E-state index contributed by atoms with van der Waals surface area (Å²) in [6.07, 6.45) is 3.43. The number of anilines is 1. The molecule has 0 spiro atoms. The van der Waals surface area contributed by atoms with Crippen LogP contribution < -0.4 is 10.2 Å². The van der Waals surface area contributed by atoms with Crippen LogP contribution in [0, 0.1) is 0 Å². The van der Waals surface area contributed by atoms with Crippen LogP contribution in [0.25, 0.3) is 0 Å². The topological polar surface area (TPSA) is 63.1 Å². The van der Waals surface area contributed by atoms with Crippen LogP contribution in [0.3, 0.4) is 0 Å². The Kier molecular flexibility index (Phi) is 5.48. The predicted molar refractivity (Wildman–Crippen MR) is 91.1 cm³/mol. The predicted octanol–water partition coefficient (Wildman–Crippen LogP) is -0.513. The number of quaternary nitrogens is 1. The number of hydrogen-bond donors (Lipinski definition) is 2. The molecule has 1 aliphatic heterocycles. The van der Waals surface area contributed by atoms with Crippen molar-refractivity contribution in [1.29, 1.82) is 0 Å². The van der Waals surface area contributed by atoms with Gasteiger partial charge in [-0.2, -0.15) is 0 Å². The molecule has 1 fully saturated rings. The number of morpholine rings is 1. The Morgan fingerprint density at radius 1 is 1.17 bits per heavy atom. The van der Waals surface area contributed by atoms with Gasteiger partial charge in [0.2, 0.25) is 0 Å². The van der Waals surface area contributed by atoms with E-state index in [9.17, 15) is 9.59 Å². The van der Waals surface area contributed by atoms with Crippen molar-refractivity contribution < 1.29 is 19.2 Å². The van der Waals surface area contributed by atoms with E-state index in [0.717, 1.165) is 23.4 Å². The maximum absolute atomic E-state index is 12.2. The number of benzene rings is 1. The molecule has 2 amide bonds. The Bertz CT molecular complexity index is 612. The maximum atomic E-state index is 12.2. The van der Waals surface area contributed by atoms with Gasteiger partial charge in [0.25, 0.3) is 11.8 Å². The highest BCUT2D eigenvalue weighted by Gasteiger charge is 2.21. The van der Waals surface area contributed by atoms with E-state index in [1.54, 1.807) is 0 Å². The number of hydrogen-bond acceptors (Lipinski definition) is 3. The van der Waals surface area contributed by atoms with Crippen molar-refractivity contribution in [3.8, 4) is 0 Å². The van der Waals surface area contributed by atoms with Crippen molar-refractivity contribution in [2.24, 2.45) is 0 Å². The van der Waals surface area contributed by atoms with Gasteiger partial charge in [0.1, 0.15) is 0 Å². The van der Waals surface area contributed by atoms with Crippen LogP contribution in [0.15, 0.2) is 18.2 Å². The Morgan fingerprint density at radius 3 is 2.71 bits per heavy atom. The zero-order valence-electron chi connectivity index (χ0n) is 14.3. The molecule has 1 atom stereocenters. The van der Waals surface area contributed by atoms with Crippen molar-refractivity contribution in [3.63, 3.8) is 0 Å². The number of carbonyl (C=O) groups is 2. The number of amides is 2. The Labute approximate surface area is 142 Å². The quantitative estimate of drug-likeness (QED) is 0.763. The number of ether oxygens (including phenoxy) is 1. The summed E-state index contributed by atoms with van der Waals surface area (Å²) < 4.78 is 5.25. The zero-order valence-corrected chi connectivity index (χ0v) is 14.3. The SMILES string of the molecule is C[NH+](CC(=O)Nc1ccc2c(c1)CCC2)CC(=O)N1CCOCC1. The van der Waals surface area contributed by atoms with E-state index in [1.165, 1.54) is 17.5 Å². The fraction of sp³-hybridized carbons (Fsp3) is 0.556. The summed E-state index contributed by atoms with van der Waals surface area (Å²) in [6, 6.07) is 6.15. The summed E-state index contributed by atoms with van der Waals surface area (Å²) in [6.45, 7) is 3.11. The van der Waals surface area contributed by atoms with Gasteiger partial charge in [-0.05, 0) is 42.5 Å². The van der Waals surface area contributed by atoms with Crippen molar-refractivity contribution >= 4 is 17.5 Å². The molecule has 0 radical (unpaired) electrons. The van der Waals surface area contributed by atoms with Crippen LogP contribution in [0.2, 0.25) is 0 Å². The van der Waals surface area contributed by atoms with Crippen molar-refractivity contribution in [3.05, 3.63) is 29.3 Å². The van der Waals surface area contributed by atoms with E-state index >= 15 is 0 Å². The van der Waals surface area contributed by atoms with E-state index in [4.69, 9.17) is 4.74 Å². The second kappa shape index (κ2) is 7.77. The lowest BCUT2D eigenvalue weighted by Gasteiger charge is -2.27. The zero-order chi connectivity index (χ0) is 16.9. The average Bonchev–Trinajstić information content (AvgIpc) is 3.03. The van der Waals surface area contributed by atoms with E-state index < -0.39 is 0 Å². The third-order valence-corrected chi connectivity index (χ3v) is 4.66. The van der Waals surface area contributed by atoms with Gasteiger partial charge >= 0.3 is 0 Å². The molecule has 24 heavy (non-hydrogen) atoms. The molecule has 6 heteroatoms.